The summed E-state index contributed by atoms with van der Waals surface area (Å²) in [5.74, 6) is 0.144. The fourth-order valence-electron chi connectivity index (χ4n) is 2.59. The minimum atomic E-state index is -0.490. The summed E-state index contributed by atoms with van der Waals surface area (Å²) in [6, 6.07) is 7.64. The average Bonchev–Trinajstić information content (AvgIpc) is 3.22. The zero-order chi connectivity index (χ0) is 18.9. The van der Waals surface area contributed by atoms with Gasteiger partial charge in [0.05, 0.1) is 5.25 Å². The fraction of sp³-hybridized carbons (Fsp3) is 0.444. The molecule has 3 amide bonds. The van der Waals surface area contributed by atoms with Crippen molar-refractivity contribution in [2.75, 3.05) is 13.1 Å². The normalized spacial score (nSPS) is 15.8. The summed E-state index contributed by atoms with van der Waals surface area (Å²) in [6.45, 7) is 9.06. The number of hydrogen-bond donors (Lipinski definition) is 1. The van der Waals surface area contributed by atoms with Gasteiger partial charge in [-0.1, -0.05) is 44.7 Å². The number of thioether (sulfide) groups is 1. The maximum Gasteiger partial charge on any atom is 0.324 e. The first-order valence-corrected chi connectivity index (χ1v) is 9.34. The summed E-state index contributed by atoms with van der Waals surface area (Å²) in [4.78, 5) is 25.1. The Morgan fingerprint density at radius 3 is 2.54 bits per heavy atom. The Labute approximate surface area is 156 Å². The van der Waals surface area contributed by atoms with Crippen LogP contribution in [0.1, 0.15) is 33.3 Å². The highest BCUT2D eigenvalue weighted by molar-refractivity contribution is 8.00. The molecule has 138 valence electrons. The Morgan fingerprint density at radius 1 is 1.27 bits per heavy atom. The lowest BCUT2D eigenvalue weighted by molar-refractivity contribution is -0.126. The van der Waals surface area contributed by atoms with Gasteiger partial charge in [-0.05, 0) is 30.0 Å². The van der Waals surface area contributed by atoms with Crippen LogP contribution in [-0.4, -0.2) is 45.4 Å². The number of hydrogen-bond acceptors (Lipinski definition) is 6. The van der Waals surface area contributed by atoms with Gasteiger partial charge in [-0.15, -0.1) is 10.2 Å². The minimum absolute atomic E-state index is 0.0754. The Kier molecular flexibility index (Phi) is 5.04. The standard InChI is InChI=1S/C18H22N4O3S/c1-11(15(23)22-10-9-19-16(22)24)26-17-21-20-14(25-17)12-5-7-13(8-6-12)18(2,3)4/h5-8,11H,9-10H2,1-4H3,(H,19,24). The third kappa shape index (κ3) is 3.90. The second-order valence-corrected chi connectivity index (χ2v) is 8.47. The average molecular weight is 374 g/mol. The molecule has 1 unspecified atom stereocenters. The van der Waals surface area contributed by atoms with Crippen LogP contribution in [-0.2, 0) is 10.2 Å². The zero-order valence-electron chi connectivity index (χ0n) is 15.3. The van der Waals surface area contributed by atoms with Crippen LogP contribution in [0.3, 0.4) is 0 Å². The van der Waals surface area contributed by atoms with E-state index in [2.05, 4.69) is 36.3 Å². The van der Waals surface area contributed by atoms with Crippen LogP contribution >= 0.6 is 11.8 Å². The fourth-order valence-corrected chi connectivity index (χ4v) is 3.34. The molecule has 1 fully saturated rings. The third-order valence-electron chi connectivity index (χ3n) is 4.15. The number of nitrogens with one attached hydrogen (secondary N) is 1. The third-order valence-corrected chi connectivity index (χ3v) is 5.07. The monoisotopic (exact) mass is 374 g/mol. The first-order valence-electron chi connectivity index (χ1n) is 8.46. The number of carbonyl (C=O) groups is 2. The highest BCUT2D eigenvalue weighted by Crippen LogP contribution is 2.29. The molecule has 1 aliphatic rings. The molecule has 7 nitrogen and oxygen atoms in total. The first kappa shape index (κ1) is 18.4. The molecule has 0 saturated carbocycles. The Bertz CT molecular complexity index is 811. The summed E-state index contributed by atoms with van der Waals surface area (Å²) >= 11 is 1.15. The van der Waals surface area contributed by atoms with Crippen molar-refractivity contribution in [3.63, 3.8) is 0 Å². The van der Waals surface area contributed by atoms with Crippen molar-refractivity contribution >= 4 is 23.7 Å². The number of carbonyl (C=O) groups excluding carboxylic acids is 2. The van der Waals surface area contributed by atoms with Crippen LogP contribution in [0.15, 0.2) is 33.9 Å². The minimum Gasteiger partial charge on any atom is -0.411 e. The summed E-state index contributed by atoms with van der Waals surface area (Å²) in [6.07, 6.45) is 0. The molecule has 1 aromatic heterocycles. The van der Waals surface area contributed by atoms with Crippen LogP contribution in [0.4, 0.5) is 4.79 Å². The van der Waals surface area contributed by atoms with Crippen LogP contribution in [0.25, 0.3) is 11.5 Å². The number of imide groups is 1. The van der Waals surface area contributed by atoms with Crippen molar-refractivity contribution < 1.29 is 14.0 Å². The second kappa shape index (κ2) is 7.11. The lowest BCUT2D eigenvalue weighted by atomic mass is 9.87. The van der Waals surface area contributed by atoms with Gasteiger partial charge in [0.2, 0.25) is 11.8 Å². The predicted molar refractivity (Wildman–Crippen MR) is 98.9 cm³/mol. The van der Waals surface area contributed by atoms with Gasteiger partial charge in [-0.2, -0.15) is 0 Å². The zero-order valence-corrected chi connectivity index (χ0v) is 16.1. The Balaban J connectivity index is 1.68. The molecule has 0 spiro atoms. The number of aromatic nitrogens is 2. The summed E-state index contributed by atoms with van der Waals surface area (Å²) < 4.78 is 5.67. The van der Waals surface area contributed by atoms with Crippen LogP contribution in [0.2, 0.25) is 0 Å². The lowest BCUT2D eigenvalue weighted by Gasteiger charge is -2.18. The van der Waals surface area contributed by atoms with Gasteiger partial charge in [-0.3, -0.25) is 9.69 Å². The van der Waals surface area contributed by atoms with Crippen LogP contribution in [0, 0.1) is 0 Å². The van der Waals surface area contributed by atoms with Gasteiger partial charge in [0.25, 0.3) is 5.22 Å². The molecule has 1 saturated heterocycles. The van der Waals surface area contributed by atoms with Crippen molar-refractivity contribution in [3.05, 3.63) is 29.8 Å². The van der Waals surface area contributed by atoms with Gasteiger partial charge in [0.15, 0.2) is 0 Å². The molecule has 1 aromatic carbocycles. The molecule has 0 aliphatic carbocycles. The van der Waals surface area contributed by atoms with E-state index in [0.29, 0.717) is 24.2 Å². The van der Waals surface area contributed by atoms with Crippen LogP contribution in [0.5, 0.6) is 0 Å². The lowest BCUT2D eigenvalue weighted by Crippen LogP contribution is -2.38. The maximum atomic E-state index is 12.3. The molecule has 8 heteroatoms. The van der Waals surface area contributed by atoms with E-state index in [1.165, 1.54) is 10.5 Å². The van der Waals surface area contributed by atoms with E-state index in [-0.39, 0.29) is 17.4 Å². The first-order chi connectivity index (χ1) is 12.3. The van der Waals surface area contributed by atoms with E-state index >= 15 is 0 Å². The molecule has 1 atom stereocenters. The number of rotatable bonds is 4. The smallest absolute Gasteiger partial charge is 0.324 e. The van der Waals surface area contributed by atoms with Gasteiger partial charge in [-0.25, -0.2) is 4.79 Å². The van der Waals surface area contributed by atoms with Crippen molar-refractivity contribution in [1.82, 2.24) is 20.4 Å². The van der Waals surface area contributed by atoms with Gasteiger partial charge < -0.3 is 9.73 Å². The molecule has 1 aliphatic heterocycles. The second-order valence-electron chi connectivity index (χ2n) is 7.18. The molecule has 0 radical (unpaired) electrons. The van der Waals surface area contributed by atoms with Crippen molar-refractivity contribution in [3.8, 4) is 11.5 Å². The van der Waals surface area contributed by atoms with Crippen molar-refractivity contribution in [2.24, 2.45) is 0 Å². The van der Waals surface area contributed by atoms with E-state index in [4.69, 9.17) is 4.42 Å². The van der Waals surface area contributed by atoms with Gasteiger partial charge >= 0.3 is 6.03 Å². The summed E-state index contributed by atoms with van der Waals surface area (Å²) in [5, 5.41) is 10.5. The molecule has 3 rings (SSSR count). The maximum absolute atomic E-state index is 12.3. The van der Waals surface area contributed by atoms with E-state index in [1.807, 2.05) is 24.3 Å². The number of amides is 3. The molecule has 2 heterocycles. The quantitative estimate of drug-likeness (QED) is 0.828. The molecule has 0 bridgehead atoms. The highest BCUT2D eigenvalue weighted by Gasteiger charge is 2.31. The van der Waals surface area contributed by atoms with E-state index in [0.717, 1.165) is 17.3 Å². The molecule has 26 heavy (non-hydrogen) atoms. The van der Waals surface area contributed by atoms with E-state index < -0.39 is 5.25 Å². The molecule has 1 N–H and O–H groups in total. The van der Waals surface area contributed by atoms with Crippen molar-refractivity contribution in [1.29, 1.82) is 0 Å². The molecular weight excluding hydrogens is 352 g/mol. The molecule has 2 aromatic rings. The van der Waals surface area contributed by atoms with Gasteiger partial charge in [0, 0.05) is 18.7 Å². The Morgan fingerprint density at radius 2 is 1.96 bits per heavy atom. The largest absolute Gasteiger partial charge is 0.411 e. The number of benzene rings is 1. The summed E-state index contributed by atoms with van der Waals surface area (Å²) in [7, 11) is 0. The SMILES string of the molecule is CC(Sc1nnc(-c2ccc(C(C)(C)C)cc2)o1)C(=O)N1CCNC1=O. The number of nitrogens with zero attached hydrogens (tertiary/aromatic N) is 3. The van der Waals surface area contributed by atoms with Gasteiger partial charge in [0.1, 0.15) is 0 Å². The van der Waals surface area contributed by atoms with Crippen LogP contribution < -0.4 is 5.32 Å². The predicted octanol–water partition coefficient (Wildman–Crippen LogP) is 3.07. The highest BCUT2D eigenvalue weighted by atomic mass is 32.2. The van der Waals surface area contributed by atoms with E-state index in [1.54, 1.807) is 6.92 Å². The molecular formula is C18H22N4O3S. The summed E-state index contributed by atoms with van der Waals surface area (Å²) in [5.41, 5.74) is 2.13. The topological polar surface area (TPSA) is 88.3 Å². The van der Waals surface area contributed by atoms with E-state index in [9.17, 15) is 9.59 Å². The number of urea groups is 1. The van der Waals surface area contributed by atoms with Crippen molar-refractivity contribution in [2.45, 2.75) is 43.6 Å². The Hall–Kier alpha value is -2.35.